The van der Waals surface area contributed by atoms with Crippen molar-refractivity contribution in [3.05, 3.63) is 46.5 Å². The normalized spacial score (nSPS) is 15.8. The SMILES string of the molecule is CCOC(=O)c1sc(Nc2nc(NCc3ccc(S(C)(=O)=O)cc3)cc(N3CCCC(CO)C3)n2)nc1C. The molecule has 3 N–H and O–H groups in total. The smallest absolute Gasteiger partial charge is 0.350 e. The van der Waals surface area contributed by atoms with Crippen LogP contribution in [0.15, 0.2) is 35.2 Å². The predicted octanol–water partition coefficient (Wildman–Crippen LogP) is 3.39. The number of thiazole rings is 1. The third-order valence-electron chi connectivity index (χ3n) is 6.12. The van der Waals surface area contributed by atoms with Gasteiger partial charge in [-0.2, -0.15) is 9.97 Å². The minimum atomic E-state index is -3.26. The zero-order chi connectivity index (χ0) is 27.3. The van der Waals surface area contributed by atoms with Crippen LogP contribution in [-0.2, 0) is 21.1 Å². The van der Waals surface area contributed by atoms with Gasteiger partial charge in [0.05, 0.1) is 17.2 Å². The Bertz CT molecular complexity index is 1380. The van der Waals surface area contributed by atoms with Gasteiger partial charge < -0.3 is 20.1 Å². The fourth-order valence-corrected chi connectivity index (χ4v) is 5.63. The van der Waals surface area contributed by atoms with E-state index in [-0.39, 0.29) is 24.0 Å². The van der Waals surface area contributed by atoms with Crippen molar-refractivity contribution in [2.45, 2.75) is 38.1 Å². The van der Waals surface area contributed by atoms with Gasteiger partial charge in [-0.15, -0.1) is 0 Å². The number of rotatable bonds is 10. The van der Waals surface area contributed by atoms with Crippen LogP contribution in [-0.4, -0.2) is 67.0 Å². The van der Waals surface area contributed by atoms with E-state index in [9.17, 15) is 18.3 Å². The average Bonchev–Trinajstić information content (AvgIpc) is 3.27. The zero-order valence-electron chi connectivity index (χ0n) is 21.6. The summed E-state index contributed by atoms with van der Waals surface area (Å²) in [4.78, 5) is 28.8. The Balaban J connectivity index is 1.58. The quantitative estimate of drug-likeness (QED) is 0.314. The second kappa shape index (κ2) is 12.0. The third-order valence-corrected chi connectivity index (χ3v) is 8.30. The highest BCUT2D eigenvalue weighted by Gasteiger charge is 2.22. The first-order chi connectivity index (χ1) is 18.2. The molecule has 1 fully saturated rings. The van der Waals surface area contributed by atoms with E-state index in [1.807, 2.05) is 6.07 Å². The van der Waals surface area contributed by atoms with E-state index in [2.05, 4.69) is 25.5 Å². The Morgan fingerprint density at radius 1 is 1.24 bits per heavy atom. The van der Waals surface area contributed by atoms with Gasteiger partial charge in [-0.05, 0) is 50.3 Å². The van der Waals surface area contributed by atoms with E-state index >= 15 is 0 Å². The molecule has 1 aliphatic heterocycles. The van der Waals surface area contributed by atoms with Crippen molar-refractivity contribution in [2.75, 3.05) is 48.1 Å². The van der Waals surface area contributed by atoms with Crippen LogP contribution in [0.5, 0.6) is 0 Å². The third kappa shape index (κ3) is 6.97. The van der Waals surface area contributed by atoms with E-state index < -0.39 is 15.8 Å². The number of carbonyl (C=O) groups excluding carboxylic acids is 1. The number of aliphatic hydroxyl groups excluding tert-OH is 1. The van der Waals surface area contributed by atoms with Crippen molar-refractivity contribution in [3.8, 4) is 0 Å². The van der Waals surface area contributed by atoms with Crippen molar-refractivity contribution >= 4 is 49.9 Å². The number of anilines is 4. The van der Waals surface area contributed by atoms with Crippen molar-refractivity contribution in [1.82, 2.24) is 15.0 Å². The van der Waals surface area contributed by atoms with Crippen LogP contribution in [0.1, 0.15) is 40.7 Å². The maximum absolute atomic E-state index is 12.2. The number of sulfone groups is 1. The first-order valence-corrected chi connectivity index (χ1v) is 15.1. The molecule has 0 aliphatic carbocycles. The highest BCUT2D eigenvalue weighted by molar-refractivity contribution is 7.90. The molecule has 0 amide bonds. The lowest BCUT2D eigenvalue weighted by atomic mass is 9.99. The molecule has 4 rings (SSSR count). The van der Waals surface area contributed by atoms with Crippen LogP contribution >= 0.6 is 11.3 Å². The molecule has 0 saturated carbocycles. The van der Waals surface area contributed by atoms with Crippen molar-refractivity contribution in [2.24, 2.45) is 5.92 Å². The number of carbonyl (C=O) groups is 1. The number of hydrogen-bond donors (Lipinski definition) is 3. The number of aromatic nitrogens is 3. The molecule has 0 spiro atoms. The molecule has 0 radical (unpaired) electrons. The lowest BCUT2D eigenvalue weighted by Gasteiger charge is -2.33. The molecule has 1 aromatic carbocycles. The number of nitrogens with one attached hydrogen (secondary N) is 2. The number of hydrogen-bond acceptors (Lipinski definition) is 12. The number of nitrogens with zero attached hydrogens (tertiary/aromatic N) is 4. The Kier molecular flexibility index (Phi) is 8.80. The van der Waals surface area contributed by atoms with Crippen LogP contribution in [0.3, 0.4) is 0 Å². The summed E-state index contributed by atoms with van der Waals surface area (Å²) in [5, 5.41) is 16.6. The number of piperidine rings is 1. The van der Waals surface area contributed by atoms with Gasteiger partial charge in [0.15, 0.2) is 15.0 Å². The van der Waals surface area contributed by atoms with Gasteiger partial charge in [-0.25, -0.2) is 18.2 Å². The molecule has 1 atom stereocenters. The average molecular weight is 561 g/mol. The van der Waals surface area contributed by atoms with E-state index in [1.165, 1.54) is 17.6 Å². The van der Waals surface area contributed by atoms with Crippen LogP contribution in [0.4, 0.5) is 22.7 Å². The van der Waals surface area contributed by atoms with Gasteiger partial charge >= 0.3 is 5.97 Å². The highest BCUT2D eigenvalue weighted by atomic mass is 32.2. The van der Waals surface area contributed by atoms with Gasteiger partial charge in [0, 0.05) is 38.6 Å². The lowest BCUT2D eigenvalue weighted by molar-refractivity contribution is 0.0531. The lowest BCUT2D eigenvalue weighted by Crippen LogP contribution is -2.37. The number of ether oxygens (including phenoxy) is 1. The van der Waals surface area contributed by atoms with Gasteiger partial charge in [-0.1, -0.05) is 23.5 Å². The van der Waals surface area contributed by atoms with E-state index in [1.54, 1.807) is 38.1 Å². The summed E-state index contributed by atoms with van der Waals surface area (Å²) in [6, 6.07) is 8.54. The molecule has 1 aliphatic rings. The van der Waals surface area contributed by atoms with Gasteiger partial charge in [-0.3, -0.25) is 5.32 Å². The molecule has 1 saturated heterocycles. The summed E-state index contributed by atoms with van der Waals surface area (Å²) in [6.45, 7) is 5.81. The number of esters is 1. The summed E-state index contributed by atoms with van der Waals surface area (Å²) in [6.07, 6.45) is 3.09. The summed E-state index contributed by atoms with van der Waals surface area (Å²) < 4.78 is 28.6. The van der Waals surface area contributed by atoms with Gasteiger partial charge in [0.2, 0.25) is 5.95 Å². The minimum absolute atomic E-state index is 0.121. The first-order valence-electron chi connectivity index (χ1n) is 12.4. The largest absolute Gasteiger partial charge is 0.462 e. The van der Waals surface area contributed by atoms with Crippen LogP contribution in [0.25, 0.3) is 0 Å². The molecular weight excluding hydrogens is 528 g/mol. The second-order valence-electron chi connectivity index (χ2n) is 9.12. The Labute approximate surface area is 226 Å². The van der Waals surface area contributed by atoms with E-state index in [4.69, 9.17) is 9.72 Å². The van der Waals surface area contributed by atoms with Crippen molar-refractivity contribution in [1.29, 1.82) is 0 Å². The Morgan fingerprint density at radius 3 is 2.68 bits per heavy atom. The molecule has 204 valence electrons. The minimum Gasteiger partial charge on any atom is -0.462 e. The predicted molar refractivity (Wildman–Crippen MR) is 147 cm³/mol. The zero-order valence-corrected chi connectivity index (χ0v) is 23.2. The molecule has 38 heavy (non-hydrogen) atoms. The standard InChI is InChI=1S/C25H32N6O5S2/c1-4-36-23(33)22-16(2)27-25(37-22)30-24-28-20(12-21(29-24)31-11-5-6-18(14-31)15-32)26-13-17-7-9-19(10-8-17)38(3,34)35/h7-10,12,18,32H,4-6,11,13-15H2,1-3H3,(H2,26,27,28,29,30). The molecule has 0 bridgehead atoms. The van der Waals surface area contributed by atoms with Gasteiger partial charge in [0.1, 0.15) is 16.5 Å². The fourth-order valence-electron chi connectivity index (χ4n) is 4.14. The van der Waals surface area contributed by atoms with Crippen LogP contribution in [0, 0.1) is 12.8 Å². The number of benzene rings is 1. The first kappa shape index (κ1) is 27.7. The van der Waals surface area contributed by atoms with Crippen molar-refractivity contribution in [3.63, 3.8) is 0 Å². The monoisotopic (exact) mass is 560 g/mol. The van der Waals surface area contributed by atoms with Gasteiger partial charge in [0.25, 0.3) is 0 Å². The number of aryl methyl sites for hydroxylation is 1. The summed E-state index contributed by atoms with van der Waals surface area (Å²) in [5.74, 6) is 1.34. The Morgan fingerprint density at radius 2 is 2.00 bits per heavy atom. The topological polar surface area (TPSA) is 147 Å². The maximum atomic E-state index is 12.2. The van der Waals surface area contributed by atoms with E-state index in [0.29, 0.717) is 46.4 Å². The second-order valence-corrected chi connectivity index (χ2v) is 12.1. The number of aliphatic hydroxyl groups is 1. The van der Waals surface area contributed by atoms with Crippen LogP contribution < -0.4 is 15.5 Å². The Hall–Kier alpha value is -3.29. The molecule has 2 aromatic heterocycles. The molecule has 11 nitrogen and oxygen atoms in total. The summed E-state index contributed by atoms with van der Waals surface area (Å²) >= 11 is 1.17. The summed E-state index contributed by atoms with van der Waals surface area (Å²) in [7, 11) is -3.26. The van der Waals surface area contributed by atoms with Crippen LogP contribution in [0.2, 0.25) is 0 Å². The summed E-state index contributed by atoms with van der Waals surface area (Å²) in [5.41, 5.74) is 1.45. The fraction of sp³-hybridized carbons (Fsp3) is 0.440. The molecule has 13 heteroatoms. The highest BCUT2D eigenvalue weighted by Crippen LogP contribution is 2.29. The molecule has 3 heterocycles. The van der Waals surface area contributed by atoms with Crippen molar-refractivity contribution < 1.29 is 23.1 Å². The maximum Gasteiger partial charge on any atom is 0.350 e. The molecule has 3 aromatic rings. The molecule has 1 unspecified atom stereocenters. The molecular formula is C25H32N6O5S2. The van der Waals surface area contributed by atoms with E-state index in [0.717, 1.165) is 24.9 Å².